The van der Waals surface area contributed by atoms with Crippen LogP contribution >= 0.6 is 0 Å². The Hall–Kier alpha value is -2.43. The average Bonchev–Trinajstić information content (AvgIpc) is 2.72. The molecule has 4 N–H and O–H groups in total. The van der Waals surface area contributed by atoms with Gasteiger partial charge < -0.3 is 20.6 Å². The van der Waals surface area contributed by atoms with E-state index < -0.39 is 23.2 Å². The van der Waals surface area contributed by atoms with Gasteiger partial charge in [-0.25, -0.2) is 0 Å². The summed E-state index contributed by atoms with van der Waals surface area (Å²) < 4.78 is 0. The van der Waals surface area contributed by atoms with E-state index in [0.717, 1.165) is 32.2 Å². The second kappa shape index (κ2) is 11.7. The molecule has 1 fully saturated rings. The van der Waals surface area contributed by atoms with Crippen LogP contribution in [0.4, 0.5) is 17.1 Å². The minimum Gasteiger partial charge on any atom is -0.395 e. The third kappa shape index (κ3) is 6.28. The minimum atomic E-state index is -0.941. The van der Waals surface area contributed by atoms with Gasteiger partial charge in [0.15, 0.2) is 0 Å². The Kier molecular flexibility index (Phi) is 9.28. The highest BCUT2D eigenvalue weighted by Crippen LogP contribution is 2.29. The molecule has 1 aromatic rings. The summed E-state index contributed by atoms with van der Waals surface area (Å²) in [5, 5.41) is 47.3. The van der Waals surface area contributed by atoms with Crippen molar-refractivity contribution in [3.05, 3.63) is 38.8 Å². The molecule has 1 unspecified atom stereocenters. The molecule has 0 radical (unpaired) electrons. The summed E-state index contributed by atoms with van der Waals surface area (Å²) in [7, 11) is 0. The molecule has 1 aromatic carbocycles. The van der Waals surface area contributed by atoms with E-state index in [-0.39, 0.29) is 23.9 Å². The van der Waals surface area contributed by atoms with Gasteiger partial charge in [-0.15, -0.1) is 0 Å². The van der Waals surface area contributed by atoms with Crippen molar-refractivity contribution in [3.63, 3.8) is 0 Å². The largest absolute Gasteiger partial charge is 0.395 e. The van der Waals surface area contributed by atoms with Crippen LogP contribution in [0.3, 0.4) is 0 Å². The summed E-state index contributed by atoms with van der Waals surface area (Å²) in [6.45, 7) is 3.65. The fourth-order valence-electron chi connectivity index (χ4n) is 3.82. The lowest BCUT2D eigenvalue weighted by Gasteiger charge is -2.44. The van der Waals surface area contributed by atoms with E-state index in [9.17, 15) is 25.4 Å². The minimum absolute atomic E-state index is 0.0481. The molecule has 0 bridgehead atoms. The fourth-order valence-corrected chi connectivity index (χ4v) is 3.82. The Balaban J connectivity index is 1.72. The zero-order chi connectivity index (χ0) is 22.1. The van der Waals surface area contributed by atoms with E-state index in [4.69, 9.17) is 5.53 Å². The first kappa shape index (κ1) is 23.8. The summed E-state index contributed by atoms with van der Waals surface area (Å²) in [5.74, 6) is -0.0481. The summed E-state index contributed by atoms with van der Waals surface area (Å²) in [5.41, 5.74) is 8.90. The van der Waals surface area contributed by atoms with Gasteiger partial charge in [-0.2, -0.15) is 0 Å². The van der Waals surface area contributed by atoms with E-state index in [0.29, 0.717) is 18.8 Å². The van der Waals surface area contributed by atoms with E-state index >= 15 is 0 Å². The molecule has 1 aliphatic rings. The average molecular weight is 422 g/mol. The second-order valence-corrected chi connectivity index (χ2v) is 7.69. The topological polar surface area (TPSA) is 168 Å². The van der Waals surface area contributed by atoms with Crippen molar-refractivity contribution in [2.75, 3.05) is 31.6 Å². The Morgan fingerprint density at radius 3 is 2.70 bits per heavy atom. The molecule has 30 heavy (non-hydrogen) atoms. The Morgan fingerprint density at radius 1 is 1.30 bits per heavy atom. The molecule has 11 nitrogen and oxygen atoms in total. The van der Waals surface area contributed by atoms with Crippen LogP contribution in [0, 0.1) is 16.0 Å². The number of nitro groups is 1. The summed E-state index contributed by atoms with van der Waals surface area (Å²) in [4.78, 5) is 15.4. The number of nitrogens with zero attached hydrogens (tertiary/aromatic N) is 5. The lowest BCUT2D eigenvalue weighted by Crippen LogP contribution is -2.59. The first-order chi connectivity index (χ1) is 14.4. The number of nitrogens with one attached hydrogen (secondary N) is 1. The van der Waals surface area contributed by atoms with E-state index in [2.05, 4.69) is 15.3 Å². The molecule has 0 aromatic heterocycles. The molecule has 2 rings (SSSR count). The normalized spacial score (nSPS) is 24.3. The van der Waals surface area contributed by atoms with Gasteiger partial charge in [0.1, 0.15) is 5.69 Å². The van der Waals surface area contributed by atoms with E-state index in [1.807, 2.05) is 11.8 Å². The van der Waals surface area contributed by atoms with Crippen LogP contribution in [0.1, 0.15) is 32.6 Å². The number of hydrogen-bond donors (Lipinski definition) is 4. The summed E-state index contributed by atoms with van der Waals surface area (Å²) in [6.07, 6.45) is 1.85. The van der Waals surface area contributed by atoms with Gasteiger partial charge in [0.25, 0.3) is 5.69 Å². The van der Waals surface area contributed by atoms with Crippen LogP contribution < -0.4 is 5.32 Å². The van der Waals surface area contributed by atoms with Crippen LogP contribution in [0.5, 0.6) is 0 Å². The molecule has 0 aliphatic carbocycles. The van der Waals surface area contributed by atoms with Gasteiger partial charge in [-0.3, -0.25) is 15.0 Å². The standard InChI is InChI=1S/C19H30N6O5/c1-13-11-24(17(12-26)19(28)18(13)27)9-5-3-2-4-8-21-15-7-6-14(22-23-20)10-16(15)25(29)30/h6-7,10,13,17-19,21,26-28H,2-5,8-9,11-12H2,1H3/t13?,17-,18-,19-/m1/s1. The number of likely N-dealkylation sites (tertiary alicyclic amines) is 1. The lowest BCUT2D eigenvalue weighted by molar-refractivity contribution is -0.383. The van der Waals surface area contributed by atoms with Crippen LogP contribution in [0.2, 0.25) is 0 Å². The lowest BCUT2D eigenvalue weighted by atomic mass is 9.88. The summed E-state index contributed by atoms with van der Waals surface area (Å²) >= 11 is 0. The van der Waals surface area contributed by atoms with Gasteiger partial charge >= 0.3 is 0 Å². The highest BCUT2D eigenvalue weighted by Gasteiger charge is 2.39. The first-order valence-electron chi connectivity index (χ1n) is 10.2. The maximum absolute atomic E-state index is 11.2. The molecule has 166 valence electrons. The Morgan fingerprint density at radius 2 is 2.03 bits per heavy atom. The number of aliphatic hydroxyl groups is 3. The predicted molar refractivity (Wildman–Crippen MR) is 112 cm³/mol. The van der Waals surface area contributed by atoms with Crippen molar-refractivity contribution in [2.24, 2.45) is 11.0 Å². The third-order valence-electron chi connectivity index (χ3n) is 5.53. The zero-order valence-corrected chi connectivity index (χ0v) is 17.1. The van der Waals surface area contributed by atoms with Gasteiger partial charge in [0.2, 0.25) is 0 Å². The highest BCUT2D eigenvalue weighted by molar-refractivity contribution is 5.66. The number of anilines is 1. The SMILES string of the molecule is CC1CN(CCCCCCNc2ccc(N=[N+]=[N-])cc2[N+](=O)[O-])[C@H](CO)[C@@H](O)[C@@H]1O. The second-order valence-electron chi connectivity index (χ2n) is 7.69. The molecule has 1 saturated heterocycles. The van der Waals surface area contributed by atoms with Crippen molar-refractivity contribution in [2.45, 2.75) is 50.9 Å². The fraction of sp³-hybridized carbons (Fsp3) is 0.684. The van der Waals surface area contributed by atoms with E-state index in [1.54, 1.807) is 0 Å². The van der Waals surface area contributed by atoms with Gasteiger partial charge in [-0.1, -0.05) is 30.9 Å². The van der Waals surface area contributed by atoms with Gasteiger partial charge in [0.05, 0.1) is 29.8 Å². The number of nitro benzene ring substituents is 1. The van der Waals surface area contributed by atoms with Crippen molar-refractivity contribution in [1.29, 1.82) is 0 Å². The number of rotatable bonds is 11. The van der Waals surface area contributed by atoms with Crippen LogP contribution in [-0.2, 0) is 0 Å². The number of azide groups is 1. The maximum Gasteiger partial charge on any atom is 0.292 e. The molecular formula is C19H30N6O5. The third-order valence-corrected chi connectivity index (χ3v) is 5.53. The van der Waals surface area contributed by atoms with Gasteiger partial charge in [0, 0.05) is 29.8 Å². The molecule has 11 heteroatoms. The zero-order valence-electron chi connectivity index (χ0n) is 17.1. The molecular weight excluding hydrogens is 392 g/mol. The Bertz CT molecular complexity index is 757. The molecule has 0 spiro atoms. The highest BCUT2D eigenvalue weighted by atomic mass is 16.6. The molecule has 1 heterocycles. The number of aliphatic hydroxyl groups excluding tert-OH is 3. The van der Waals surface area contributed by atoms with Crippen molar-refractivity contribution in [1.82, 2.24) is 4.90 Å². The van der Waals surface area contributed by atoms with Crippen LogP contribution in [-0.4, -0.2) is 69.6 Å². The number of unbranched alkanes of at least 4 members (excludes halogenated alkanes) is 3. The smallest absolute Gasteiger partial charge is 0.292 e. The maximum atomic E-state index is 11.2. The Labute approximate surface area is 175 Å². The van der Waals surface area contributed by atoms with Crippen molar-refractivity contribution in [3.8, 4) is 0 Å². The van der Waals surface area contributed by atoms with Crippen LogP contribution in [0.15, 0.2) is 23.3 Å². The van der Waals surface area contributed by atoms with Gasteiger partial charge in [-0.05, 0) is 36.9 Å². The first-order valence-corrected chi connectivity index (χ1v) is 10.2. The predicted octanol–water partition coefficient (Wildman–Crippen LogP) is 2.54. The summed E-state index contributed by atoms with van der Waals surface area (Å²) in [6, 6.07) is 3.86. The van der Waals surface area contributed by atoms with Crippen molar-refractivity contribution < 1.29 is 20.2 Å². The number of hydrogen-bond acceptors (Lipinski definition) is 8. The number of benzene rings is 1. The number of piperidine rings is 1. The van der Waals surface area contributed by atoms with E-state index in [1.165, 1.54) is 18.2 Å². The molecule has 0 saturated carbocycles. The molecule has 4 atom stereocenters. The monoisotopic (exact) mass is 422 g/mol. The molecule has 0 amide bonds. The molecule has 1 aliphatic heterocycles. The quantitative estimate of drug-likeness (QED) is 0.106. The van der Waals surface area contributed by atoms with Crippen LogP contribution in [0.25, 0.3) is 10.4 Å². The van der Waals surface area contributed by atoms with Crippen molar-refractivity contribution >= 4 is 17.1 Å².